The lowest BCUT2D eigenvalue weighted by Gasteiger charge is -2.34. The van der Waals surface area contributed by atoms with Gasteiger partial charge in [-0.2, -0.15) is 11.8 Å². The van der Waals surface area contributed by atoms with Crippen molar-refractivity contribution in [2.24, 2.45) is 0 Å². The first-order valence-electron chi connectivity index (χ1n) is 5.80. The molecule has 1 aliphatic heterocycles. The molecule has 4 heteroatoms. The average molecular weight is 267 g/mol. The van der Waals surface area contributed by atoms with E-state index in [0.717, 1.165) is 18.0 Å². The van der Waals surface area contributed by atoms with Crippen molar-refractivity contribution in [3.05, 3.63) is 29.8 Å². The van der Waals surface area contributed by atoms with Crippen LogP contribution in [-0.4, -0.2) is 34.4 Å². The van der Waals surface area contributed by atoms with Gasteiger partial charge in [-0.25, -0.2) is 0 Å². The molecule has 1 fully saturated rings. The van der Waals surface area contributed by atoms with Crippen molar-refractivity contribution in [1.29, 1.82) is 0 Å². The monoisotopic (exact) mass is 267 g/mol. The van der Waals surface area contributed by atoms with Gasteiger partial charge in [-0.05, 0) is 12.1 Å². The van der Waals surface area contributed by atoms with Crippen molar-refractivity contribution in [3.63, 3.8) is 0 Å². The molecule has 2 rings (SSSR count). The van der Waals surface area contributed by atoms with E-state index in [1.54, 1.807) is 0 Å². The van der Waals surface area contributed by atoms with Gasteiger partial charge in [0.1, 0.15) is 0 Å². The van der Waals surface area contributed by atoms with Crippen LogP contribution in [0.3, 0.4) is 0 Å². The average Bonchev–Trinajstić information content (AvgIpc) is 2.27. The molecule has 0 radical (unpaired) electrons. The van der Waals surface area contributed by atoms with Gasteiger partial charge in [0, 0.05) is 28.5 Å². The van der Waals surface area contributed by atoms with E-state index in [0.29, 0.717) is 16.1 Å². The maximum Gasteiger partial charge on any atom is 0.255 e. The normalized spacial score (nSPS) is 24.8. The minimum Gasteiger partial charge on any atom is -0.336 e. The van der Waals surface area contributed by atoms with Crippen LogP contribution in [0, 0.1) is 0 Å². The highest BCUT2D eigenvalue weighted by Gasteiger charge is 2.27. The molecule has 1 saturated heterocycles. The highest BCUT2D eigenvalue weighted by Crippen LogP contribution is 2.26. The van der Waals surface area contributed by atoms with Gasteiger partial charge in [0.25, 0.3) is 5.91 Å². The number of thioether (sulfide) groups is 1. The molecule has 1 amide bonds. The lowest BCUT2D eigenvalue weighted by molar-refractivity contribution is 0.0750. The summed E-state index contributed by atoms with van der Waals surface area (Å²) in [7, 11) is 0. The number of hydrogen-bond donors (Lipinski definition) is 1. The fraction of sp³-hybridized carbons (Fsp3) is 0.462. The molecule has 2 atom stereocenters. The molecule has 1 heterocycles. The third kappa shape index (κ3) is 2.99. The van der Waals surface area contributed by atoms with E-state index in [-0.39, 0.29) is 5.91 Å². The molecule has 17 heavy (non-hydrogen) atoms. The van der Waals surface area contributed by atoms with Gasteiger partial charge in [-0.15, -0.1) is 12.6 Å². The first kappa shape index (κ1) is 12.8. The van der Waals surface area contributed by atoms with Gasteiger partial charge in [-0.1, -0.05) is 26.0 Å². The molecule has 92 valence electrons. The van der Waals surface area contributed by atoms with Crippen molar-refractivity contribution in [1.82, 2.24) is 4.90 Å². The molecule has 2 nitrogen and oxygen atoms in total. The molecule has 0 saturated carbocycles. The molecular formula is C13H17NOS2. The summed E-state index contributed by atoms with van der Waals surface area (Å²) in [5.74, 6) is 0.106. The molecule has 0 spiro atoms. The van der Waals surface area contributed by atoms with E-state index < -0.39 is 0 Å². The maximum atomic E-state index is 12.4. The van der Waals surface area contributed by atoms with Gasteiger partial charge in [0.15, 0.2) is 0 Å². The number of carbonyl (C=O) groups is 1. The Morgan fingerprint density at radius 1 is 1.29 bits per heavy atom. The molecule has 1 aromatic rings. The Hall–Kier alpha value is -0.610. The molecule has 0 aromatic heterocycles. The second kappa shape index (κ2) is 5.36. The fourth-order valence-electron chi connectivity index (χ4n) is 2.17. The van der Waals surface area contributed by atoms with Crippen LogP contribution in [0.1, 0.15) is 24.2 Å². The topological polar surface area (TPSA) is 20.3 Å². The quantitative estimate of drug-likeness (QED) is 0.790. The van der Waals surface area contributed by atoms with E-state index in [9.17, 15) is 4.79 Å². The van der Waals surface area contributed by atoms with Crippen LogP contribution >= 0.6 is 24.4 Å². The number of rotatable bonds is 1. The highest BCUT2D eigenvalue weighted by atomic mass is 32.2. The molecule has 0 aliphatic carbocycles. The number of hydrogen-bond acceptors (Lipinski definition) is 3. The Morgan fingerprint density at radius 3 is 2.47 bits per heavy atom. The third-order valence-corrected chi connectivity index (χ3v) is 4.46. The molecule has 2 unspecified atom stereocenters. The lowest BCUT2D eigenvalue weighted by Crippen LogP contribution is -2.44. The van der Waals surface area contributed by atoms with Gasteiger partial charge in [-0.3, -0.25) is 4.79 Å². The van der Waals surface area contributed by atoms with E-state index in [1.165, 1.54) is 0 Å². The van der Waals surface area contributed by atoms with Crippen molar-refractivity contribution >= 4 is 30.3 Å². The molecular weight excluding hydrogens is 250 g/mol. The van der Waals surface area contributed by atoms with E-state index in [2.05, 4.69) is 26.5 Å². The van der Waals surface area contributed by atoms with E-state index >= 15 is 0 Å². The molecule has 0 N–H and O–H groups in total. The van der Waals surface area contributed by atoms with Gasteiger partial charge in [0.2, 0.25) is 0 Å². The van der Waals surface area contributed by atoms with Gasteiger partial charge in [0.05, 0.1) is 5.56 Å². The summed E-state index contributed by atoms with van der Waals surface area (Å²) in [6.45, 7) is 6.01. The SMILES string of the molecule is CC1CN(C(=O)c2ccccc2S)CC(C)S1. The number of carbonyl (C=O) groups excluding carboxylic acids is 1. The zero-order valence-corrected chi connectivity index (χ0v) is 11.8. The Labute approximate surface area is 112 Å². The lowest BCUT2D eigenvalue weighted by atomic mass is 10.2. The largest absolute Gasteiger partial charge is 0.336 e. The van der Waals surface area contributed by atoms with Crippen LogP contribution in [0.15, 0.2) is 29.2 Å². The predicted octanol–water partition coefficient (Wildman–Crippen LogP) is 2.94. The number of thiol groups is 1. The number of nitrogens with zero attached hydrogens (tertiary/aromatic N) is 1. The predicted molar refractivity (Wildman–Crippen MR) is 76.1 cm³/mol. The fourth-order valence-corrected chi connectivity index (χ4v) is 3.75. The Balaban J connectivity index is 2.17. The Morgan fingerprint density at radius 2 is 1.88 bits per heavy atom. The van der Waals surface area contributed by atoms with Crippen LogP contribution in [0.4, 0.5) is 0 Å². The van der Waals surface area contributed by atoms with Crippen LogP contribution in [0.2, 0.25) is 0 Å². The second-order valence-corrected chi connectivity index (χ2v) is 6.85. The van der Waals surface area contributed by atoms with Crippen molar-refractivity contribution in [3.8, 4) is 0 Å². The summed E-state index contributed by atoms with van der Waals surface area (Å²) in [5.41, 5.74) is 0.710. The summed E-state index contributed by atoms with van der Waals surface area (Å²) < 4.78 is 0. The summed E-state index contributed by atoms with van der Waals surface area (Å²) in [4.78, 5) is 15.1. The Kier molecular flexibility index (Phi) is 4.05. The summed E-state index contributed by atoms with van der Waals surface area (Å²) in [5, 5.41) is 1.02. The molecule has 1 aliphatic rings. The minimum atomic E-state index is 0.106. The van der Waals surface area contributed by atoms with E-state index in [4.69, 9.17) is 0 Å². The second-order valence-electron chi connectivity index (χ2n) is 4.48. The van der Waals surface area contributed by atoms with Crippen LogP contribution < -0.4 is 0 Å². The maximum absolute atomic E-state index is 12.4. The minimum absolute atomic E-state index is 0.106. The van der Waals surface area contributed by atoms with Gasteiger partial charge < -0.3 is 4.90 Å². The summed E-state index contributed by atoms with van der Waals surface area (Å²) in [6, 6.07) is 7.50. The van der Waals surface area contributed by atoms with Crippen LogP contribution in [0.5, 0.6) is 0 Å². The highest BCUT2D eigenvalue weighted by molar-refractivity contribution is 8.00. The first-order chi connectivity index (χ1) is 8.08. The molecule has 1 aromatic carbocycles. The number of benzene rings is 1. The third-order valence-electron chi connectivity index (χ3n) is 2.84. The van der Waals surface area contributed by atoms with Crippen LogP contribution in [-0.2, 0) is 0 Å². The smallest absolute Gasteiger partial charge is 0.255 e. The Bertz CT molecular complexity index is 412. The zero-order chi connectivity index (χ0) is 12.4. The van der Waals surface area contributed by atoms with E-state index in [1.807, 2.05) is 40.9 Å². The van der Waals surface area contributed by atoms with Gasteiger partial charge >= 0.3 is 0 Å². The zero-order valence-electron chi connectivity index (χ0n) is 10.1. The standard InChI is InChI=1S/C13H17NOS2/c1-9-7-14(8-10(2)17-9)13(15)11-5-3-4-6-12(11)16/h3-6,9-10,16H,7-8H2,1-2H3. The summed E-state index contributed by atoms with van der Waals surface area (Å²) in [6.07, 6.45) is 0. The molecule has 0 bridgehead atoms. The van der Waals surface area contributed by atoms with Crippen molar-refractivity contribution < 1.29 is 4.79 Å². The van der Waals surface area contributed by atoms with Crippen LogP contribution in [0.25, 0.3) is 0 Å². The number of amides is 1. The summed E-state index contributed by atoms with van der Waals surface area (Å²) >= 11 is 6.30. The van der Waals surface area contributed by atoms with Crippen molar-refractivity contribution in [2.45, 2.75) is 29.2 Å². The van der Waals surface area contributed by atoms with Crippen molar-refractivity contribution in [2.75, 3.05) is 13.1 Å². The first-order valence-corrected chi connectivity index (χ1v) is 7.19.